The number of nitrogens with zero attached hydrogens (tertiary/aromatic N) is 1. The van der Waals surface area contributed by atoms with Crippen LogP contribution in [0.4, 0.5) is 4.79 Å². The van der Waals surface area contributed by atoms with Crippen LogP contribution in [0.15, 0.2) is 46.9 Å². The molecular weight excluding hydrogens is 372 g/mol. The van der Waals surface area contributed by atoms with Gasteiger partial charge in [0.05, 0.1) is 10.8 Å². The first kappa shape index (κ1) is 20.4. The molecule has 1 heterocycles. The van der Waals surface area contributed by atoms with Gasteiger partial charge < -0.3 is 5.32 Å². The Labute approximate surface area is 170 Å². The third-order valence-corrected chi connectivity index (χ3v) is 6.22. The van der Waals surface area contributed by atoms with Crippen LogP contribution in [-0.4, -0.2) is 35.0 Å². The van der Waals surface area contributed by atoms with Crippen LogP contribution in [0.5, 0.6) is 0 Å². The minimum absolute atomic E-state index is 0.0145. The number of rotatable bonds is 6. The number of carbonyl (C=O) groups excluding carboxylic acids is 3. The molecule has 1 saturated carbocycles. The highest BCUT2D eigenvalue weighted by Gasteiger charge is 2.60. The highest BCUT2D eigenvalue weighted by atomic mass is 32.2. The average molecular weight is 399 g/mol. The molecule has 2 fully saturated rings. The van der Waals surface area contributed by atoms with E-state index in [2.05, 4.69) is 25.2 Å². The summed E-state index contributed by atoms with van der Waals surface area (Å²) in [6.45, 7) is 8.70. The van der Waals surface area contributed by atoms with E-state index >= 15 is 0 Å². The van der Waals surface area contributed by atoms with Crippen LogP contribution in [0.2, 0.25) is 0 Å². The van der Waals surface area contributed by atoms with Gasteiger partial charge in [0.2, 0.25) is 5.91 Å². The molecule has 0 bridgehead atoms. The fraction of sp³-hybridized carbons (Fsp3) is 0.409. The molecule has 0 spiro atoms. The summed E-state index contributed by atoms with van der Waals surface area (Å²) in [4.78, 5) is 38.8. The Morgan fingerprint density at radius 2 is 1.89 bits per heavy atom. The van der Waals surface area contributed by atoms with Crippen molar-refractivity contribution in [3.05, 3.63) is 52.4 Å². The molecule has 1 aliphatic heterocycles. The van der Waals surface area contributed by atoms with E-state index in [-0.39, 0.29) is 47.4 Å². The second kappa shape index (κ2) is 7.95. The molecule has 28 heavy (non-hydrogen) atoms. The summed E-state index contributed by atoms with van der Waals surface area (Å²) in [5, 5.41) is 2.60. The Morgan fingerprint density at radius 1 is 1.21 bits per heavy atom. The minimum Gasteiger partial charge on any atom is -0.354 e. The second-order valence-corrected chi connectivity index (χ2v) is 9.10. The summed E-state index contributed by atoms with van der Waals surface area (Å²) in [6.07, 6.45) is 3.87. The summed E-state index contributed by atoms with van der Waals surface area (Å²) >= 11 is 0.939. The van der Waals surface area contributed by atoms with Gasteiger partial charge in [0.25, 0.3) is 11.1 Å². The third kappa shape index (κ3) is 4.22. The van der Waals surface area contributed by atoms with E-state index in [4.69, 9.17) is 0 Å². The Bertz CT molecular complexity index is 854. The first-order valence-electron chi connectivity index (χ1n) is 9.45. The van der Waals surface area contributed by atoms with Crippen LogP contribution in [0.3, 0.4) is 0 Å². The van der Waals surface area contributed by atoms with E-state index in [9.17, 15) is 14.4 Å². The molecule has 6 heteroatoms. The lowest BCUT2D eigenvalue weighted by Gasteiger charge is -2.13. The molecule has 0 aromatic heterocycles. The van der Waals surface area contributed by atoms with Crippen molar-refractivity contribution in [2.24, 2.45) is 17.3 Å². The molecule has 5 nitrogen and oxygen atoms in total. The average Bonchev–Trinajstić information content (AvgIpc) is 3.06. The maximum absolute atomic E-state index is 12.5. The van der Waals surface area contributed by atoms with Gasteiger partial charge in [-0.1, -0.05) is 55.8 Å². The van der Waals surface area contributed by atoms with Crippen LogP contribution in [0.25, 0.3) is 6.08 Å². The number of benzene rings is 1. The molecule has 3 amide bonds. The van der Waals surface area contributed by atoms with Crippen molar-refractivity contribution in [3.63, 3.8) is 0 Å². The van der Waals surface area contributed by atoms with Gasteiger partial charge >= 0.3 is 0 Å². The predicted octanol–water partition coefficient (Wildman–Crippen LogP) is 4.08. The number of amides is 3. The fourth-order valence-electron chi connectivity index (χ4n) is 3.64. The zero-order valence-electron chi connectivity index (χ0n) is 16.7. The molecule has 1 aromatic carbocycles. The smallest absolute Gasteiger partial charge is 0.293 e. The number of allylic oxidation sites excluding steroid dienone is 2. The van der Waals surface area contributed by atoms with Crippen LogP contribution in [-0.2, 0) is 9.59 Å². The van der Waals surface area contributed by atoms with Gasteiger partial charge in [0.15, 0.2) is 0 Å². The van der Waals surface area contributed by atoms with Crippen molar-refractivity contribution >= 4 is 34.9 Å². The SMILES string of the molecule is CC(C)=CC1C(C(=O)NCCN2C(=O)S/C(=C\c3ccccc3)C2=O)C1(C)C. The van der Waals surface area contributed by atoms with E-state index in [0.717, 1.165) is 17.3 Å². The summed E-state index contributed by atoms with van der Waals surface area (Å²) in [5.41, 5.74) is 2.03. The first-order chi connectivity index (χ1) is 13.2. The van der Waals surface area contributed by atoms with E-state index < -0.39 is 0 Å². The second-order valence-electron chi connectivity index (χ2n) is 8.10. The van der Waals surface area contributed by atoms with Crippen molar-refractivity contribution in [1.82, 2.24) is 10.2 Å². The quantitative estimate of drug-likeness (QED) is 0.579. The van der Waals surface area contributed by atoms with Crippen LogP contribution < -0.4 is 5.32 Å². The number of imide groups is 1. The largest absolute Gasteiger partial charge is 0.354 e. The normalized spacial score (nSPS) is 24.4. The van der Waals surface area contributed by atoms with E-state index in [1.165, 1.54) is 10.5 Å². The topological polar surface area (TPSA) is 66.5 Å². The lowest BCUT2D eigenvalue weighted by molar-refractivity contribution is -0.125. The van der Waals surface area contributed by atoms with Crippen molar-refractivity contribution in [3.8, 4) is 0 Å². The molecule has 1 saturated heterocycles. The lowest BCUT2D eigenvalue weighted by Crippen LogP contribution is -2.38. The van der Waals surface area contributed by atoms with Gasteiger partial charge in [-0.3, -0.25) is 19.3 Å². The molecule has 148 valence electrons. The number of hydrogen-bond acceptors (Lipinski definition) is 4. The van der Waals surface area contributed by atoms with Gasteiger partial charge in [0.1, 0.15) is 0 Å². The van der Waals surface area contributed by atoms with Gasteiger partial charge in [-0.25, -0.2) is 0 Å². The highest BCUT2D eigenvalue weighted by molar-refractivity contribution is 8.18. The van der Waals surface area contributed by atoms with Gasteiger partial charge in [0, 0.05) is 13.1 Å². The van der Waals surface area contributed by atoms with Crippen LogP contribution in [0.1, 0.15) is 33.3 Å². The van der Waals surface area contributed by atoms with Gasteiger partial charge in [-0.2, -0.15) is 0 Å². The molecule has 0 radical (unpaired) electrons. The molecule has 2 aliphatic rings. The summed E-state index contributed by atoms with van der Waals surface area (Å²) < 4.78 is 0. The van der Waals surface area contributed by atoms with Crippen molar-refractivity contribution in [1.29, 1.82) is 0 Å². The van der Waals surface area contributed by atoms with Gasteiger partial charge in [-0.05, 0) is 48.6 Å². The standard InChI is InChI=1S/C22H26N2O3S/c1-14(2)12-16-18(22(16,3)4)19(25)23-10-11-24-20(26)17(28-21(24)27)13-15-8-6-5-7-9-15/h5-9,12-13,16,18H,10-11H2,1-4H3,(H,23,25)/b17-13-. The molecule has 1 aromatic rings. The Hall–Kier alpha value is -2.34. The molecule has 2 unspecified atom stereocenters. The van der Waals surface area contributed by atoms with Crippen molar-refractivity contribution < 1.29 is 14.4 Å². The maximum Gasteiger partial charge on any atom is 0.293 e. The molecule has 3 rings (SSSR count). The number of carbonyl (C=O) groups is 3. The van der Waals surface area contributed by atoms with E-state index in [1.807, 2.05) is 44.2 Å². The molecule has 2 atom stereocenters. The van der Waals surface area contributed by atoms with E-state index in [1.54, 1.807) is 6.08 Å². The van der Waals surface area contributed by atoms with Crippen molar-refractivity contribution in [2.75, 3.05) is 13.1 Å². The molecule has 1 aliphatic carbocycles. The van der Waals surface area contributed by atoms with Crippen LogP contribution >= 0.6 is 11.8 Å². The Morgan fingerprint density at radius 3 is 2.54 bits per heavy atom. The first-order valence-corrected chi connectivity index (χ1v) is 10.3. The zero-order chi connectivity index (χ0) is 20.5. The van der Waals surface area contributed by atoms with Crippen LogP contribution in [0, 0.1) is 17.3 Å². The monoisotopic (exact) mass is 398 g/mol. The van der Waals surface area contributed by atoms with Crippen molar-refractivity contribution in [2.45, 2.75) is 27.7 Å². The number of thioether (sulfide) groups is 1. The fourth-order valence-corrected chi connectivity index (χ4v) is 4.51. The predicted molar refractivity (Wildman–Crippen MR) is 112 cm³/mol. The molecular formula is C22H26N2O3S. The lowest BCUT2D eigenvalue weighted by atomic mass is 10.1. The summed E-state index contributed by atoms with van der Waals surface area (Å²) in [5.74, 6) is -0.139. The Kier molecular flexibility index (Phi) is 5.79. The van der Waals surface area contributed by atoms with Gasteiger partial charge in [-0.15, -0.1) is 0 Å². The zero-order valence-corrected chi connectivity index (χ0v) is 17.5. The number of nitrogens with one attached hydrogen (secondary N) is 1. The number of hydrogen-bond donors (Lipinski definition) is 1. The summed E-state index contributed by atoms with van der Waals surface area (Å²) in [6, 6.07) is 9.43. The third-order valence-electron chi connectivity index (χ3n) is 5.31. The minimum atomic E-state index is -0.303. The van der Waals surface area contributed by atoms with E-state index in [0.29, 0.717) is 4.91 Å². The maximum atomic E-state index is 12.5. The molecule has 1 N–H and O–H groups in total. The Balaban J connectivity index is 1.55. The summed E-state index contributed by atoms with van der Waals surface area (Å²) in [7, 11) is 0. The highest BCUT2D eigenvalue weighted by Crippen LogP contribution is 2.59.